The number of hydrogen-bond acceptors (Lipinski definition) is 5. The van der Waals surface area contributed by atoms with Crippen molar-refractivity contribution in [3.05, 3.63) is 42.0 Å². The van der Waals surface area contributed by atoms with Crippen LogP contribution in [-0.4, -0.2) is 29.1 Å². The molecular formula is C17H27IN4O3. The number of hydrogen-bond donors (Lipinski definition) is 3. The van der Waals surface area contributed by atoms with Gasteiger partial charge in [-0.05, 0) is 19.1 Å². The Balaban J connectivity index is 0.00000312. The van der Waals surface area contributed by atoms with E-state index in [4.69, 9.17) is 8.83 Å². The van der Waals surface area contributed by atoms with Crippen LogP contribution in [0.2, 0.25) is 0 Å². The van der Waals surface area contributed by atoms with Crippen molar-refractivity contribution in [3.63, 3.8) is 0 Å². The topological polar surface area (TPSA) is 95.8 Å². The minimum atomic E-state index is -0.738. The van der Waals surface area contributed by atoms with Gasteiger partial charge in [0.25, 0.3) is 0 Å². The molecule has 0 fully saturated rings. The molecule has 0 saturated carbocycles. The highest BCUT2D eigenvalue weighted by molar-refractivity contribution is 14.0. The Morgan fingerprint density at radius 2 is 2.12 bits per heavy atom. The van der Waals surface area contributed by atoms with Gasteiger partial charge in [0, 0.05) is 12.0 Å². The molecule has 0 aliphatic carbocycles. The molecular weight excluding hydrogens is 435 g/mol. The minimum absolute atomic E-state index is 0. The van der Waals surface area contributed by atoms with Crippen LogP contribution in [0.3, 0.4) is 0 Å². The molecule has 0 aromatic carbocycles. The fourth-order valence-corrected chi connectivity index (χ4v) is 1.99. The van der Waals surface area contributed by atoms with Crippen molar-refractivity contribution >= 4 is 29.9 Å². The molecule has 0 radical (unpaired) electrons. The fraction of sp³-hybridized carbons (Fsp3) is 0.529. The summed E-state index contributed by atoms with van der Waals surface area (Å²) in [7, 11) is 0. The van der Waals surface area contributed by atoms with Gasteiger partial charge in [-0.25, -0.2) is 9.98 Å². The van der Waals surface area contributed by atoms with E-state index in [1.165, 1.54) is 6.26 Å². The summed E-state index contributed by atoms with van der Waals surface area (Å²) in [6.07, 6.45) is 2.54. The lowest BCUT2D eigenvalue weighted by Gasteiger charge is -2.14. The zero-order valence-corrected chi connectivity index (χ0v) is 17.4. The lowest BCUT2D eigenvalue weighted by atomic mass is 9.94. The second-order valence-electron chi connectivity index (χ2n) is 6.48. The van der Waals surface area contributed by atoms with Gasteiger partial charge in [0.05, 0.1) is 19.0 Å². The van der Waals surface area contributed by atoms with Crippen LogP contribution < -0.4 is 10.6 Å². The first-order valence-corrected chi connectivity index (χ1v) is 8.09. The SMILES string of the molecule is CCNC(=NCc1ncc(C(C)(C)C)o1)NCC(O)c1ccco1.I. The van der Waals surface area contributed by atoms with E-state index in [9.17, 15) is 5.11 Å². The Morgan fingerprint density at radius 3 is 2.68 bits per heavy atom. The summed E-state index contributed by atoms with van der Waals surface area (Å²) in [5.41, 5.74) is -0.0785. The number of aliphatic imine (C=N–C) groups is 1. The molecule has 0 aliphatic rings. The summed E-state index contributed by atoms with van der Waals surface area (Å²) in [5.74, 6) is 2.49. The van der Waals surface area contributed by atoms with Crippen LogP contribution in [0.1, 0.15) is 51.2 Å². The van der Waals surface area contributed by atoms with Crippen LogP contribution in [0, 0.1) is 0 Å². The largest absolute Gasteiger partial charge is 0.467 e. The molecule has 0 saturated heterocycles. The Hall–Kier alpha value is -1.55. The van der Waals surface area contributed by atoms with E-state index in [1.54, 1.807) is 18.3 Å². The smallest absolute Gasteiger partial charge is 0.216 e. The minimum Gasteiger partial charge on any atom is -0.467 e. The van der Waals surface area contributed by atoms with E-state index in [2.05, 4.69) is 41.4 Å². The molecule has 25 heavy (non-hydrogen) atoms. The zero-order valence-electron chi connectivity index (χ0n) is 15.1. The third-order valence-electron chi connectivity index (χ3n) is 3.34. The number of furan rings is 1. The highest BCUT2D eigenvalue weighted by Crippen LogP contribution is 2.22. The lowest BCUT2D eigenvalue weighted by molar-refractivity contribution is 0.153. The number of oxazole rings is 1. The van der Waals surface area contributed by atoms with Gasteiger partial charge in [-0.3, -0.25) is 0 Å². The van der Waals surface area contributed by atoms with E-state index >= 15 is 0 Å². The highest BCUT2D eigenvalue weighted by atomic mass is 127. The Bertz CT molecular complexity index is 647. The molecule has 2 heterocycles. The maximum absolute atomic E-state index is 10.0. The van der Waals surface area contributed by atoms with E-state index < -0.39 is 6.10 Å². The number of aliphatic hydroxyl groups excluding tert-OH is 1. The molecule has 140 valence electrons. The van der Waals surface area contributed by atoms with Crippen molar-refractivity contribution in [2.24, 2.45) is 4.99 Å². The quantitative estimate of drug-likeness (QED) is 0.347. The van der Waals surface area contributed by atoms with Gasteiger partial charge in [0.1, 0.15) is 24.2 Å². The zero-order chi connectivity index (χ0) is 17.6. The summed E-state index contributed by atoms with van der Waals surface area (Å²) in [6.45, 7) is 9.51. The van der Waals surface area contributed by atoms with Gasteiger partial charge in [-0.1, -0.05) is 20.8 Å². The maximum Gasteiger partial charge on any atom is 0.216 e. The van der Waals surface area contributed by atoms with Crippen LogP contribution >= 0.6 is 24.0 Å². The van der Waals surface area contributed by atoms with Crippen molar-refractivity contribution < 1.29 is 13.9 Å². The van der Waals surface area contributed by atoms with Gasteiger partial charge in [0.2, 0.25) is 5.89 Å². The number of aliphatic hydroxyl groups is 1. The van der Waals surface area contributed by atoms with Crippen molar-refractivity contribution in [2.45, 2.75) is 45.8 Å². The van der Waals surface area contributed by atoms with Crippen LogP contribution in [0.4, 0.5) is 0 Å². The van der Waals surface area contributed by atoms with Crippen LogP contribution in [-0.2, 0) is 12.0 Å². The van der Waals surface area contributed by atoms with Gasteiger partial charge >= 0.3 is 0 Å². The second-order valence-corrected chi connectivity index (χ2v) is 6.48. The predicted molar refractivity (Wildman–Crippen MR) is 107 cm³/mol. The maximum atomic E-state index is 10.0. The number of guanidine groups is 1. The lowest BCUT2D eigenvalue weighted by Crippen LogP contribution is -2.39. The highest BCUT2D eigenvalue weighted by Gasteiger charge is 2.19. The standard InChI is InChI=1S/C17H26N4O3.HI/c1-5-18-16(20-9-12(22)13-7-6-8-23-13)21-11-15-19-10-14(24-15)17(2,3)4;/h6-8,10,12,22H,5,9,11H2,1-4H3,(H2,18,20,21);1H. The third kappa shape index (κ3) is 6.69. The number of nitrogens with zero attached hydrogens (tertiary/aromatic N) is 2. The monoisotopic (exact) mass is 462 g/mol. The van der Waals surface area contributed by atoms with Crippen molar-refractivity contribution in [1.82, 2.24) is 15.6 Å². The normalized spacial score (nSPS) is 13.2. The van der Waals surface area contributed by atoms with Crippen molar-refractivity contribution in [2.75, 3.05) is 13.1 Å². The molecule has 0 aliphatic heterocycles. The Morgan fingerprint density at radius 1 is 1.36 bits per heavy atom. The molecule has 2 aromatic rings. The summed E-state index contributed by atoms with van der Waals surface area (Å²) < 4.78 is 10.9. The molecule has 2 rings (SSSR count). The summed E-state index contributed by atoms with van der Waals surface area (Å²) in [4.78, 5) is 8.69. The second kappa shape index (κ2) is 9.81. The predicted octanol–water partition coefficient (Wildman–Crippen LogP) is 2.97. The molecule has 8 heteroatoms. The summed E-state index contributed by atoms with van der Waals surface area (Å²) >= 11 is 0. The first-order valence-electron chi connectivity index (χ1n) is 8.09. The summed E-state index contributed by atoms with van der Waals surface area (Å²) in [6, 6.07) is 3.48. The fourth-order valence-electron chi connectivity index (χ4n) is 1.99. The summed E-state index contributed by atoms with van der Waals surface area (Å²) in [5, 5.41) is 16.2. The van der Waals surface area contributed by atoms with E-state index in [0.29, 0.717) is 30.7 Å². The Labute approximate surface area is 165 Å². The molecule has 0 amide bonds. The number of rotatable bonds is 6. The van der Waals surface area contributed by atoms with Crippen LogP contribution in [0.15, 0.2) is 38.4 Å². The molecule has 7 nitrogen and oxygen atoms in total. The Kier molecular flexibility index (Phi) is 8.43. The number of aromatic nitrogens is 1. The number of nitrogens with one attached hydrogen (secondary N) is 2. The van der Waals surface area contributed by atoms with E-state index in [-0.39, 0.29) is 35.9 Å². The van der Waals surface area contributed by atoms with Gasteiger partial charge < -0.3 is 24.6 Å². The van der Waals surface area contributed by atoms with Crippen molar-refractivity contribution in [1.29, 1.82) is 0 Å². The van der Waals surface area contributed by atoms with Crippen LogP contribution in [0.5, 0.6) is 0 Å². The molecule has 3 N–H and O–H groups in total. The van der Waals surface area contributed by atoms with Gasteiger partial charge in [0.15, 0.2) is 5.96 Å². The molecule has 0 spiro atoms. The third-order valence-corrected chi connectivity index (χ3v) is 3.34. The van der Waals surface area contributed by atoms with Crippen LogP contribution in [0.25, 0.3) is 0 Å². The van der Waals surface area contributed by atoms with E-state index in [1.807, 2.05) is 6.92 Å². The van der Waals surface area contributed by atoms with Crippen molar-refractivity contribution in [3.8, 4) is 0 Å². The molecule has 0 bridgehead atoms. The molecule has 2 aromatic heterocycles. The molecule has 1 atom stereocenters. The van der Waals surface area contributed by atoms with Gasteiger partial charge in [-0.15, -0.1) is 24.0 Å². The van der Waals surface area contributed by atoms with Gasteiger partial charge in [-0.2, -0.15) is 0 Å². The number of halogens is 1. The average Bonchev–Trinajstić information content (AvgIpc) is 3.20. The van der Waals surface area contributed by atoms with E-state index in [0.717, 1.165) is 5.76 Å². The average molecular weight is 462 g/mol. The molecule has 1 unspecified atom stereocenters. The first kappa shape index (κ1) is 21.5. The first-order chi connectivity index (χ1) is 11.4.